The quantitative estimate of drug-likeness (QED) is 0.396. The van der Waals surface area contributed by atoms with Crippen LogP contribution in [0.4, 0.5) is 0 Å². The van der Waals surface area contributed by atoms with Crippen molar-refractivity contribution in [1.82, 2.24) is 15.6 Å². The summed E-state index contributed by atoms with van der Waals surface area (Å²) < 4.78 is 32.6. The number of rotatable bonds is 7. The summed E-state index contributed by atoms with van der Waals surface area (Å²) in [5, 5.41) is 0. The number of carbonyl (C=O) groups excluding carboxylic acids is 2. The van der Waals surface area contributed by atoms with E-state index >= 15 is 0 Å². The van der Waals surface area contributed by atoms with Crippen LogP contribution in [0, 0.1) is 0 Å². The molecule has 0 atom stereocenters. The second kappa shape index (κ2) is 9.68. The van der Waals surface area contributed by atoms with Gasteiger partial charge in [0, 0.05) is 18.2 Å². The van der Waals surface area contributed by atoms with Crippen LogP contribution in [0.25, 0.3) is 6.08 Å². The number of hydrazine groups is 1. The van der Waals surface area contributed by atoms with Gasteiger partial charge in [-0.1, -0.05) is 36.4 Å². The Labute approximate surface area is 173 Å². The Morgan fingerprint density at radius 3 is 2.47 bits per heavy atom. The van der Waals surface area contributed by atoms with Crippen LogP contribution in [0.3, 0.4) is 0 Å². The van der Waals surface area contributed by atoms with Gasteiger partial charge in [-0.15, -0.1) is 0 Å². The predicted molar refractivity (Wildman–Crippen MR) is 110 cm³/mol. The van der Waals surface area contributed by atoms with Crippen LogP contribution < -0.4 is 15.6 Å². The fraction of sp³-hybridized carbons (Fsp3) is 0.0476. The van der Waals surface area contributed by atoms with E-state index in [-0.39, 0.29) is 17.0 Å². The second-order valence-corrected chi connectivity index (χ2v) is 7.90. The Kier molecular flexibility index (Phi) is 6.79. The first kappa shape index (κ1) is 21.0. The van der Waals surface area contributed by atoms with Crippen molar-refractivity contribution in [3.05, 3.63) is 96.0 Å². The van der Waals surface area contributed by atoms with Gasteiger partial charge in [0.05, 0.1) is 11.2 Å². The average molecular weight is 425 g/mol. The van der Waals surface area contributed by atoms with E-state index in [2.05, 4.69) is 15.6 Å². The molecule has 154 valence electrons. The summed E-state index contributed by atoms with van der Waals surface area (Å²) >= 11 is 0. The summed E-state index contributed by atoms with van der Waals surface area (Å²) in [6, 6.07) is 17.9. The van der Waals surface area contributed by atoms with Gasteiger partial charge in [-0.2, -0.15) is 0 Å². The summed E-state index contributed by atoms with van der Waals surface area (Å²) in [5.41, 5.74) is 5.33. The highest BCUT2D eigenvalue weighted by Crippen LogP contribution is 2.12. The third kappa shape index (κ3) is 5.90. The molecule has 3 rings (SSSR count). The minimum Gasteiger partial charge on any atom is -0.465 e. The van der Waals surface area contributed by atoms with Crippen LogP contribution in [0.15, 0.2) is 88.4 Å². The Hall–Kier alpha value is -3.69. The SMILES string of the molecule is O=C(/C=C/c1ccco1)NNC(=O)c1cccc(S(=O)(=O)NCc2ccccc2)c1. The van der Waals surface area contributed by atoms with E-state index < -0.39 is 21.8 Å². The van der Waals surface area contributed by atoms with E-state index in [9.17, 15) is 18.0 Å². The molecule has 0 aliphatic heterocycles. The van der Waals surface area contributed by atoms with E-state index in [1.807, 2.05) is 18.2 Å². The first-order valence-corrected chi connectivity index (χ1v) is 10.4. The van der Waals surface area contributed by atoms with Gasteiger partial charge in [-0.05, 0) is 42.0 Å². The largest absolute Gasteiger partial charge is 0.465 e. The zero-order valence-corrected chi connectivity index (χ0v) is 16.6. The molecule has 0 bridgehead atoms. The molecule has 0 aliphatic carbocycles. The lowest BCUT2D eigenvalue weighted by molar-refractivity contribution is -0.117. The number of carbonyl (C=O) groups is 2. The third-order valence-electron chi connectivity index (χ3n) is 3.96. The van der Waals surface area contributed by atoms with Gasteiger partial charge >= 0.3 is 0 Å². The van der Waals surface area contributed by atoms with Gasteiger partial charge in [0.15, 0.2) is 0 Å². The van der Waals surface area contributed by atoms with Crippen LogP contribution in [0.5, 0.6) is 0 Å². The van der Waals surface area contributed by atoms with Crippen molar-refractivity contribution >= 4 is 27.9 Å². The van der Waals surface area contributed by atoms with Crippen molar-refractivity contribution in [3.8, 4) is 0 Å². The summed E-state index contributed by atoms with van der Waals surface area (Å²) in [5.74, 6) is -0.750. The predicted octanol–water partition coefficient (Wildman–Crippen LogP) is 2.23. The second-order valence-electron chi connectivity index (χ2n) is 6.13. The monoisotopic (exact) mass is 425 g/mol. The summed E-state index contributed by atoms with van der Waals surface area (Å²) in [7, 11) is -3.82. The molecular formula is C21H19N3O5S. The molecule has 0 spiro atoms. The van der Waals surface area contributed by atoms with Gasteiger partial charge in [0.2, 0.25) is 10.0 Å². The Balaban J connectivity index is 1.59. The van der Waals surface area contributed by atoms with E-state index in [1.54, 1.807) is 24.3 Å². The van der Waals surface area contributed by atoms with Gasteiger partial charge in [0.1, 0.15) is 5.76 Å². The number of benzene rings is 2. The number of amides is 2. The fourth-order valence-corrected chi connectivity index (χ4v) is 3.50. The molecule has 9 heteroatoms. The highest BCUT2D eigenvalue weighted by atomic mass is 32.2. The highest BCUT2D eigenvalue weighted by Gasteiger charge is 2.16. The number of nitrogens with one attached hydrogen (secondary N) is 3. The molecule has 2 amide bonds. The van der Waals surface area contributed by atoms with Crippen LogP contribution >= 0.6 is 0 Å². The smallest absolute Gasteiger partial charge is 0.269 e. The summed E-state index contributed by atoms with van der Waals surface area (Å²) in [6.07, 6.45) is 4.09. The molecule has 30 heavy (non-hydrogen) atoms. The molecule has 1 heterocycles. The third-order valence-corrected chi connectivity index (χ3v) is 5.36. The van der Waals surface area contributed by atoms with Crippen LogP contribution in [0.2, 0.25) is 0 Å². The van der Waals surface area contributed by atoms with Crippen molar-refractivity contribution in [1.29, 1.82) is 0 Å². The first-order chi connectivity index (χ1) is 14.4. The normalized spacial score (nSPS) is 11.3. The lowest BCUT2D eigenvalue weighted by atomic mass is 10.2. The molecule has 0 radical (unpaired) electrons. The number of sulfonamides is 1. The Morgan fingerprint density at radius 2 is 1.73 bits per heavy atom. The molecular weight excluding hydrogens is 406 g/mol. The van der Waals surface area contributed by atoms with Gasteiger partial charge in [0.25, 0.3) is 11.8 Å². The summed E-state index contributed by atoms with van der Waals surface area (Å²) in [6.45, 7) is 0.123. The van der Waals surface area contributed by atoms with E-state index in [0.29, 0.717) is 5.76 Å². The molecule has 0 aliphatic rings. The van der Waals surface area contributed by atoms with Crippen molar-refractivity contribution in [2.24, 2.45) is 0 Å². The lowest BCUT2D eigenvalue weighted by Gasteiger charge is -2.09. The molecule has 1 aromatic heterocycles. The van der Waals surface area contributed by atoms with Crippen molar-refractivity contribution in [3.63, 3.8) is 0 Å². The first-order valence-electron chi connectivity index (χ1n) is 8.89. The van der Waals surface area contributed by atoms with Crippen LogP contribution in [-0.2, 0) is 21.4 Å². The number of furan rings is 1. The number of hydrogen-bond acceptors (Lipinski definition) is 5. The molecule has 3 aromatic rings. The molecule has 0 unspecified atom stereocenters. The molecule has 0 saturated heterocycles. The lowest BCUT2D eigenvalue weighted by Crippen LogP contribution is -2.40. The Bertz CT molecular complexity index is 1140. The maximum absolute atomic E-state index is 12.5. The highest BCUT2D eigenvalue weighted by molar-refractivity contribution is 7.89. The molecule has 8 nitrogen and oxygen atoms in total. The zero-order valence-electron chi connectivity index (χ0n) is 15.7. The van der Waals surface area contributed by atoms with E-state index in [0.717, 1.165) is 5.56 Å². The zero-order chi connectivity index (χ0) is 21.4. The minimum atomic E-state index is -3.82. The molecule has 0 fully saturated rings. The molecule has 2 aromatic carbocycles. The van der Waals surface area contributed by atoms with Gasteiger partial charge < -0.3 is 4.42 Å². The maximum atomic E-state index is 12.5. The standard InChI is InChI=1S/C21H19N3O5S/c25-20(12-11-18-9-5-13-29-18)23-24-21(26)17-8-4-10-19(14-17)30(27,28)22-15-16-6-2-1-3-7-16/h1-14,22H,15H2,(H,23,25)(H,24,26)/b12-11+. The summed E-state index contributed by atoms with van der Waals surface area (Å²) in [4.78, 5) is 24.0. The van der Waals surface area contributed by atoms with Crippen LogP contribution in [-0.4, -0.2) is 20.2 Å². The van der Waals surface area contributed by atoms with E-state index in [4.69, 9.17) is 4.42 Å². The van der Waals surface area contributed by atoms with E-state index in [1.165, 1.54) is 42.7 Å². The maximum Gasteiger partial charge on any atom is 0.269 e. The van der Waals surface area contributed by atoms with Gasteiger partial charge in [-0.25, -0.2) is 13.1 Å². The average Bonchev–Trinajstić information content (AvgIpc) is 3.29. The van der Waals surface area contributed by atoms with Crippen molar-refractivity contribution in [2.75, 3.05) is 0 Å². The minimum absolute atomic E-state index is 0.0601. The topological polar surface area (TPSA) is 118 Å². The van der Waals surface area contributed by atoms with Gasteiger partial charge in [-0.3, -0.25) is 20.4 Å². The van der Waals surface area contributed by atoms with Crippen LogP contribution in [0.1, 0.15) is 21.7 Å². The number of hydrogen-bond donors (Lipinski definition) is 3. The fourth-order valence-electron chi connectivity index (χ4n) is 2.44. The molecule has 3 N–H and O–H groups in total. The molecule has 0 saturated carbocycles. The van der Waals surface area contributed by atoms with Crippen molar-refractivity contribution in [2.45, 2.75) is 11.4 Å². The Morgan fingerprint density at radius 1 is 0.933 bits per heavy atom. The van der Waals surface area contributed by atoms with Crippen molar-refractivity contribution < 1.29 is 22.4 Å².